The SMILES string of the molecule is COc1ccc(C2=NN(C(=O)c3ccccc3NC(=O)c3sc(C)nc3C)CCC2)cc1OC. The Bertz CT molecular complexity index is 1270. The predicted octanol–water partition coefficient (Wildman–Crippen LogP) is 4.67. The Kier molecular flexibility index (Phi) is 6.93. The summed E-state index contributed by atoms with van der Waals surface area (Å²) in [6, 6.07) is 12.6. The van der Waals surface area contributed by atoms with Crippen LogP contribution in [0.1, 0.15) is 49.1 Å². The van der Waals surface area contributed by atoms with Gasteiger partial charge in [0.05, 0.1) is 41.9 Å². The average molecular weight is 479 g/mol. The molecule has 34 heavy (non-hydrogen) atoms. The van der Waals surface area contributed by atoms with E-state index in [4.69, 9.17) is 9.47 Å². The molecule has 1 N–H and O–H groups in total. The van der Waals surface area contributed by atoms with Crippen LogP contribution in [0.25, 0.3) is 0 Å². The number of aryl methyl sites for hydroxylation is 2. The molecule has 1 aliphatic rings. The number of nitrogens with one attached hydrogen (secondary N) is 1. The van der Waals surface area contributed by atoms with E-state index >= 15 is 0 Å². The third-order valence-corrected chi connectivity index (χ3v) is 6.56. The number of hydrazone groups is 1. The van der Waals surface area contributed by atoms with Crippen LogP contribution in [0.4, 0.5) is 5.69 Å². The van der Waals surface area contributed by atoms with Gasteiger partial charge < -0.3 is 14.8 Å². The molecule has 9 heteroatoms. The molecule has 4 rings (SSSR count). The highest BCUT2D eigenvalue weighted by Gasteiger charge is 2.24. The van der Waals surface area contributed by atoms with Gasteiger partial charge in [0.25, 0.3) is 11.8 Å². The van der Waals surface area contributed by atoms with Crippen LogP contribution in [0.15, 0.2) is 47.6 Å². The zero-order valence-electron chi connectivity index (χ0n) is 19.5. The lowest BCUT2D eigenvalue weighted by molar-refractivity contribution is 0.0752. The Balaban J connectivity index is 1.60. The quantitative estimate of drug-likeness (QED) is 0.556. The van der Waals surface area contributed by atoms with Crippen molar-refractivity contribution in [1.82, 2.24) is 9.99 Å². The molecular formula is C25H26N4O4S. The number of methoxy groups -OCH3 is 2. The van der Waals surface area contributed by atoms with Gasteiger partial charge in [-0.15, -0.1) is 11.3 Å². The summed E-state index contributed by atoms with van der Waals surface area (Å²) in [6.45, 7) is 4.15. The molecule has 2 heterocycles. The summed E-state index contributed by atoms with van der Waals surface area (Å²) >= 11 is 1.33. The molecule has 0 saturated heterocycles. The molecular weight excluding hydrogens is 452 g/mol. The fourth-order valence-electron chi connectivity index (χ4n) is 3.85. The number of anilines is 1. The molecule has 3 aromatic rings. The molecule has 2 aromatic carbocycles. The van der Waals surface area contributed by atoms with Gasteiger partial charge in [0.15, 0.2) is 11.5 Å². The largest absolute Gasteiger partial charge is 0.493 e. The number of amides is 2. The number of hydrogen-bond donors (Lipinski definition) is 1. The van der Waals surface area contributed by atoms with Gasteiger partial charge >= 0.3 is 0 Å². The van der Waals surface area contributed by atoms with Gasteiger partial charge in [0.2, 0.25) is 0 Å². The van der Waals surface area contributed by atoms with E-state index in [1.54, 1.807) is 45.4 Å². The highest BCUT2D eigenvalue weighted by Crippen LogP contribution is 2.29. The molecule has 1 aromatic heterocycles. The van der Waals surface area contributed by atoms with Gasteiger partial charge in [-0.1, -0.05) is 12.1 Å². The molecule has 0 radical (unpaired) electrons. The second-order valence-corrected chi connectivity index (χ2v) is 9.00. The number of rotatable bonds is 6. The van der Waals surface area contributed by atoms with Gasteiger partial charge in [-0.2, -0.15) is 5.10 Å². The fourth-order valence-corrected chi connectivity index (χ4v) is 4.66. The molecule has 0 bridgehead atoms. The van der Waals surface area contributed by atoms with E-state index in [9.17, 15) is 9.59 Å². The first-order chi connectivity index (χ1) is 16.4. The van der Waals surface area contributed by atoms with Crippen LogP contribution in [0, 0.1) is 13.8 Å². The van der Waals surface area contributed by atoms with E-state index in [2.05, 4.69) is 15.4 Å². The minimum atomic E-state index is -0.281. The van der Waals surface area contributed by atoms with Crippen molar-refractivity contribution in [3.8, 4) is 11.5 Å². The molecule has 1 aliphatic heterocycles. The molecule has 8 nitrogen and oxygen atoms in total. The number of aromatic nitrogens is 1. The second-order valence-electron chi connectivity index (χ2n) is 7.80. The number of carbonyl (C=O) groups excluding carboxylic acids is 2. The first-order valence-electron chi connectivity index (χ1n) is 10.9. The molecule has 176 valence electrons. The van der Waals surface area contributed by atoms with Gasteiger partial charge in [-0.25, -0.2) is 9.99 Å². The van der Waals surface area contributed by atoms with Gasteiger partial charge in [-0.3, -0.25) is 9.59 Å². The summed E-state index contributed by atoms with van der Waals surface area (Å²) in [4.78, 5) is 31.1. The van der Waals surface area contributed by atoms with Crippen molar-refractivity contribution >= 4 is 34.6 Å². The number of nitrogens with zero attached hydrogens (tertiary/aromatic N) is 3. The van der Waals surface area contributed by atoms with Crippen LogP contribution in [0.5, 0.6) is 11.5 Å². The number of para-hydroxylation sites is 1. The topological polar surface area (TPSA) is 93.1 Å². The Morgan fingerprint density at radius 3 is 2.53 bits per heavy atom. The number of hydrogen-bond acceptors (Lipinski definition) is 7. The lowest BCUT2D eigenvalue weighted by atomic mass is 10.0. The van der Waals surface area contributed by atoms with Crippen molar-refractivity contribution in [3.63, 3.8) is 0 Å². The zero-order chi connectivity index (χ0) is 24.2. The zero-order valence-corrected chi connectivity index (χ0v) is 20.4. The van der Waals surface area contributed by atoms with Crippen molar-refractivity contribution in [3.05, 3.63) is 69.2 Å². The van der Waals surface area contributed by atoms with Crippen LogP contribution < -0.4 is 14.8 Å². The first-order valence-corrected chi connectivity index (χ1v) is 11.7. The lowest BCUT2D eigenvalue weighted by Crippen LogP contribution is -2.33. The normalized spacial score (nSPS) is 13.3. The van der Waals surface area contributed by atoms with Crippen molar-refractivity contribution in [2.24, 2.45) is 5.10 Å². The van der Waals surface area contributed by atoms with Crippen molar-refractivity contribution in [2.45, 2.75) is 26.7 Å². The monoisotopic (exact) mass is 478 g/mol. The van der Waals surface area contributed by atoms with E-state index in [0.29, 0.717) is 39.9 Å². The summed E-state index contributed by atoms with van der Waals surface area (Å²) in [5, 5.41) is 9.79. The first kappa shape index (κ1) is 23.4. The molecule has 0 atom stereocenters. The van der Waals surface area contributed by atoms with E-state index < -0.39 is 0 Å². The third-order valence-electron chi connectivity index (χ3n) is 5.49. The molecule has 2 amide bonds. The molecule has 0 unspecified atom stereocenters. The Morgan fingerprint density at radius 1 is 1.06 bits per heavy atom. The summed E-state index contributed by atoms with van der Waals surface area (Å²) in [5.41, 5.74) is 3.15. The van der Waals surface area contributed by atoms with E-state index in [0.717, 1.165) is 29.1 Å². The maximum atomic E-state index is 13.4. The van der Waals surface area contributed by atoms with Gasteiger partial charge in [-0.05, 0) is 57.0 Å². The molecule has 0 spiro atoms. The summed E-state index contributed by atoms with van der Waals surface area (Å²) in [6.07, 6.45) is 1.51. The standard InChI is InChI=1S/C25H26N4O4S/c1-15-23(34-16(2)26-15)24(30)27-20-9-6-5-8-18(20)25(31)29-13-7-10-19(28-29)17-11-12-21(32-3)22(14-17)33-4/h5-6,8-9,11-12,14H,7,10,13H2,1-4H3,(H,27,30). The van der Waals surface area contributed by atoms with Gasteiger partial charge in [0.1, 0.15) is 4.88 Å². The van der Waals surface area contributed by atoms with Gasteiger partial charge in [0, 0.05) is 12.1 Å². The smallest absolute Gasteiger partial charge is 0.276 e. The Morgan fingerprint density at radius 2 is 1.82 bits per heavy atom. The van der Waals surface area contributed by atoms with Crippen LogP contribution in [0.3, 0.4) is 0 Å². The van der Waals surface area contributed by atoms with Crippen LogP contribution in [0.2, 0.25) is 0 Å². The minimum Gasteiger partial charge on any atom is -0.493 e. The van der Waals surface area contributed by atoms with E-state index in [1.807, 2.05) is 25.1 Å². The van der Waals surface area contributed by atoms with Crippen molar-refractivity contribution < 1.29 is 19.1 Å². The highest BCUT2D eigenvalue weighted by molar-refractivity contribution is 7.13. The summed E-state index contributed by atoms with van der Waals surface area (Å²) < 4.78 is 10.7. The van der Waals surface area contributed by atoms with Crippen LogP contribution in [-0.2, 0) is 0 Å². The third kappa shape index (κ3) is 4.79. The highest BCUT2D eigenvalue weighted by atomic mass is 32.1. The maximum Gasteiger partial charge on any atom is 0.276 e. The molecule has 0 fully saturated rings. The lowest BCUT2D eigenvalue weighted by Gasteiger charge is -2.25. The second kappa shape index (κ2) is 10.0. The fraction of sp³-hybridized carbons (Fsp3) is 0.280. The van der Waals surface area contributed by atoms with E-state index in [-0.39, 0.29) is 11.8 Å². The predicted molar refractivity (Wildman–Crippen MR) is 132 cm³/mol. The number of carbonyl (C=O) groups is 2. The number of thiazole rings is 1. The number of benzene rings is 2. The summed E-state index contributed by atoms with van der Waals surface area (Å²) in [7, 11) is 3.17. The van der Waals surface area contributed by atoms with E-state index in [1.165, 1.54) is 16.3 Å². The Hall–Kier alpha value is -3.72. The summed E-state index contributed by atoms with van der Waals surface area (Å²) in [5.74, 6) is 0.682. The van der Waals surface area contributed by atoms with Crippen molar-refractivity contribution in [2.75, 3.05) is 26.1 Å². The number of ether oxygens (including phenoxy) is 2. The average Bonchev–Trinajstić information content (AvgIpc) is 3.21. The molecule has 0 saturated carbocycles. The maximum absolute atomic E-state index is 13.4. The van der Waals surface area contributed by atoms with Crippen LogP contribution >= 0.6 is 11.3 Å². The minimum absolute atomic E-state index is 0.272. The van der Waals surface area contributed by atoms with Crippen LogP contribution in [-0.4, -0.2) is 48.3 Å². The van der Waals surface area contributed by atoms with Crippen molar-refractivity contribution in [1.29, 1.82) is 0 Å². The Labute approximate surface area is 202 Å². The molecule has 0 aliphatic carbocycles.